The topological polar surface area (TPSA) is 78.4 Å². The van der Waals surface area contributed by atoms with Gasteiger partial charge in [0.1, 0.15) is 6.10 Å². The molecule has 92 valence electrons. The Balaban J connectivity index is 2.98. The van der Waals surface area contributed by atoms with Crippen molar-refractivity contribution in [2.75, 3.05) is 10.6 Å². The van der Waals surface area contributed by atoms with Crippen LogP contribution in [0.25, 0.3) is 0 Å². The van der Waals surface area contributed by atoms with E-state index in [0.717, 1.165) is 0 Å². The minimum atomic E-state index is -1.14. The normalized spacial score (nSPS) is 11.8. The lowest BCUT2D eigenvalue weighted by Gasteiger charge is -2.12. The Morgan fingerprint density at radius 1 is 1.29 bits per heavy atom. The highest BCUT2D eigenvalue weighted by Crippen LogP contribution is 2.25. The van der Waals surface area contributed by atoms with Gasteiger partial charge in [-0.25, -0.2) is 0 Å². The highest BCUT2D eigenvalue weighted by molar-refractivity contribution is 6.31. The van der Waals surface area contributed by atoms with E-state index in [4.69, 9.17) is 16.7 Å². The van der Waals surface area contributed by atoms with Crippen LogP contribution in [0.4, 0.5) is 11.4 Å². The first-order chi connectivity index (χ1) is 7.90. The Morgan fingerprint density at radius 2 is 1.94 bits per heavy atom. The van der Waals surface area contributed by atoms with Crippen LogP contribution in [0.2, 0.25) is 5.02 Å². The van der Waals surface area contributed by atoms with E-state index in [9.17, 15) is 9.59 Å². The minimum absolute atomic E-state index is 0.264. The van der Waals surface area contributed by atoms with Gasteiger partial charge in [0.05, 0.1) is 11.4 Å². The van der Waals surface area contributed by atoms with E-state index in [1.165, 1.54) is 19.9 Å². The van der Waals surface area contributed by atoms with E-state index in [1.54, 1.807) is 12.1 Å². The number of anilines is 2. The molecule has 1 aromatic rings. The van der Waals surface area contributed by atoms with E-state index in [1.807, 2.05) is 0 Å². The maximum atomic E-state index is 11.3. The predicted molar refractivity (Wildman–Crippen MR) is 66.1 cm³/mol. The lowest BCUT2D eigenvalue weighted by atomic mass is 10.2. The van der Waals surface area contributed by atoms with Crippen LogP contribution in [-0.4, -0.2) is 23.0 Å². The van der Waals surface area contributed by atoms with E-state index in [2.05, 4.69) is 10.6 Å². The van der Waals surface area contributed by atoms with Gasteiger partial charge in [-0.3, -0.25) is 9.59 Å². The number of amides is 2. The lowest BCUT2D eigenvalue weighted by Crippen LogP contribution is -2.25. The van der Waals surface area contributed by atoms with Crippen molar-refractivity contribution in [1.29, 1.82) is 0 Å². The number of rotatable bonds is 3. The zero-order valence-corrected chi connectivity index (χ0v) is 10.2. The molecule has 0 heterocycles. The summed E-state index contributed by atoms with van der Waals surface area (Å²) in [5.41, 5.74) is 0.773. The first-order valence-electron chi connectivity index (χ1n) is 4.96. The third kappa shape index (κ3) is 4.05. The number of halogens is 1. The van der Waals surface area contributed by atoms with E-state index in [0.29, 0.717) is 16.4 Å². The maximum absolute atomic E-state index is 11.3. The number of hydrogen-bond acceptors (Lipinski definition) is 3. The van der Waals surface area contributed by atoms with Gasteiger partial charge in [0.25, 0.3) is 5.91 Å². The summed E-state index contributed by atoms with van der Waals surface area (Å²) >= 11 is 5.79. The summed E-state index contributed by atoms with van der Waals surface area (Å²) < 4.78 is 0. The van der Waals surface area contributed by atoms with Crippen molar-refractivity contribution in [2.45, 2.75) is 20.0 Å². The van der Waals surface area contributed by atoms with Crippen molar-refractivity contribution < 1.29 is 14.7 Å². The third-order valence-electron chi connectivity index (χ3n) is 1.93. The summed E-state index contributed by atoms with van der Waals surface area (Å²) in [6.07, 6.45) is -1.14. The van der Waals surface area contributed by atoms with Crippen LogP contribution in [-0.2, 0) is 9.59 Å². The Kier molecular flexibility index (Phi) is 4.48. The maximum Gasteiger partial charge on any atom is 0.252 e. The number of hydrogen-bond donors (Lipinski definition) is 3. The fourth-order valence-electron chi connectivity index (χ4n) is 1.16. The molecule has 0 saturated carbocycles. The molecule has 6 heteroatoms. The summed E-state index contributed by atoms with van der Waals surface area (Å²) in [6, 6.07) is 4.65. The second kappa shape index (κ2) is 5.65. The molecule has 0 aliphatic rings. The third-order valence-corrected chi connectivity index (χ3v) is 2.16. The zero-order valence-electron chi connectivity index (χ0n) is 9.45. The minimum Gasteiger partial charge on any atom is -0.384 e. The number of benzene rings is 1. The highest BCUT2D eigenvalue weighted by atomic mass is 35.5. The molecule has 17 heavy (non-hydrogen) atoms. The Morgan fingerprint density at radius 3 is 2.47 bits per heavy atom. The van der Waals surface area contributed by atoms with Crippen LogP contribution < -0.4 is 10.6 Å². The molecule has 0 aromatic heterocycles. The SMILES string of the molecule is CC(=O)Nc1ccc(Cl)cc1NC(=O)C(C)O. The van der Waals surface area contributed by atoms with Gasteiger partial charge in [-0.1, -0.05) is 11.6 Å². The summed E-state index contributed by atoms with van der Waals surface area (Å²) in [5.74, 6) is -0.835. The zero-order chi connectivity index (χ0) is 13.0. The quantitative estimate of drug-likeness (QED) is 0.769. The van der Waals surface area contributed by atoms with Crippen molar-refractivity contribution in [2.24, 2.45) is 0 Å². The number of carbonyl (C=O) groups is 2. The number of aliphatic hydroxyl groups is 1. The van der Waals surface area contributed by atoms with Gasteiger partial charge in [0.15, 0.2) is 0 Å². The van der Waals surface area contributed by atoms with Crippen molar-refractivity contribution in [3.8, 4) is 0 Å². The Labute approximate surface area is 104 Å². The first-order valence-corrected chi connectivity index (χ1v) is 5.34. The number of aliphatic hydroxyl groups excluding tert-OH is 1. The largest absolute Gasteiger partial charge is 0.384 e. The monoisotopic (exact) mass is 256 g/mol. The predicted octanol–water partition coefficient (Wildman–Crippen LogP) is 1.62. The van der Waals surface area contributed by atoms with Gasteiger partial charge >= 0.3 is 0 Å². The summed E-state index contributed by atoms with van der Waals surface area (Å²) in [5, 5.41) is 14.5. The molecule has 1 rings (SSSR count). The van der Waals surface area contributed by atoms with Gasteiger partial charge in [-0.2, -0.15) is 0 Å². The first kappa shape index (κ1) is 13.5. The van der Waals surface area contributed by atoms with E-state index < -0.39 is 12.0 Å². The Bertz CT molecular complexity index is 446. The van der Waals surface area contributed by atoms with Crippen LogP contribution in [0.15, 0.2) is 18.2 Å². The fraction of sp³-hybridized carbons (Fsp3) is 0.273. The van der Waals surface area contributed by atoms with Crippen LogP contribution in [0.5, 0.6) is 0 Å². The van der Waals surface area contributed by atoms with Gasteiger partial charge in [-0.05, 0) is 25.1 Å². The van der Waals surface area contributed by atoms with Gasteiger partial charge in [0.2, 0.25) is 5.91 Å². The molecule has 1 atom stereocenters. The smallest absolute Gasteiger partial charge is 0.252 e. The molecule has 0 aliphatic heterocycles. The molecule has 3 N–H and O–H groups in total. The molecule has 0 spiro atoms. The summed E-state index contributed by atoms with van der Waals surface area (Å²) in [4.78, 5) is 22.3. The second-order valence-corrected chi connectivity index (χ2v) is 3.97. The summed E-state index contributed by atoms with van der Waals surface area (Å²) in [6.45, 7) is 2.70. The van der Waals surface area contributed by atoms with Crippen molar-refractivity contribution in [1.82, 2.24) is 0 Å². The van der Waals surface area contributed by atoms with Crippen LogP contribution in [0, 0.1) is 0 Å². The molecule has 0 radical (unpaired) electrons. The van der Waals surface area contributed by atoms with Crippen molar-refractivity contribution >= 4 is 34.8 Å². The molecule has 5 nitrogen and oxygen atoms in total. The molecular weight excluding hydrogens is 244 g/mol. The van der Waals surface area contributed by atoms with Crippen LogP contribution in [0.1, 0.15) is 13.8 Å². The molecule has 2 amide bonds. The molecular formula is C11H13ClN2O3. The van der Waals surface area contributed by atoms with Gasteiger partial charge in [-0.15, -0.1) is 0 Å². The summed E-state index contributed by atoms with van der Waals surface area (Å²) in [7, 11) is 0. The average molecular weight is 257 g/mol. The number of carbonyl (C=O) groups excluding carboxylic acids is 2. The fourth-order valence-corrected chi connectivity index (χ4v) is 1.33. The lowest BCUT2D eigenvalue weighted by molar-refractivity contribution is -0.123. The van der Waals surface area contributed by atoms with E-state index >= 15 is 0 Å². The van der Waals surface area contributed by atoms with Crippen molar-refractivity contribution in [3.63, 3.8) is 0 Å². The number of nitrogens with one attached hydrogen (secondary N) is 2. The van der Waals surface area contributed by atoms with E-state index in [-0.39, 0.29) is 5.91 Å². The molecule has 0 aliphatic carbocycles. The Hall–Kier alpha value is -1.59. The van der Waals surface area contributed by atoms with Gasteiger partial charge < -0.3 is 15.7 Å². The van der Waals surface area contributed by atoms with Gasteiger partial charge in [0, 0.05) is 11.9 Å². The molecule has 1 aromatic carbocycles. The molecule has 0 bridgehead atoms. The average Bonchev–Trinajstić information content (AvgIpc) is 2.21. The van der Waals surface area contributed by atoms with Crippen molar-refractivity contribution in [3.05, 3.63) is 23.2 Å². The standard InChI is InChI=1S/C11H13ClN2O3/c1-6(15)11(17)14-10-5-8(12)3-4-9(10)13-7(2)16/h3-6,15H,1-2H3,(H,13,16)(H,14,17). The molecule has 1 unspecified atom stereocenters. The molecule has 0 saturated heterocycles. The molecule has 0 fully saturated rings. The van der Waals surface area contributed by atoms with Crippen LogP contribution in [0.3, 0.4) is 0 Å². The second-order valence-electron chi connectivity index (χ2n) is 3.54. The van der Waals surface area contributed by atoms with Crippen LogP contribution >= 0.6 is 11.6 Å². The highest BCUT2D eigenvalue weighted by Gasteiger charge is 2.12.